The number of hydrogen-bond donors (Lipinski definition) is 1. The molecule has 4 rings (SSSR count). The summed E-state index contributed by atoms with van der Waals surface area (Å²) in [5, 5.41) is 28.8. The molecule has 1 aliphatic heterocycles. The average molecular weight is 377 g/mol. The fraction of sp³-hybridized carbons (Fsp3) is 0.409. The SMILES string of the molecule is C#CN1/C(=C/C2C([O-])C(c3c(C)[nH]n(C)c3=O)C2[O-])C(C)(C)c2ccccc21. The molecule has 0 bridgehead atoms. The molecular weight excluding hydrogens is 354 g/mol. The summed E-state index contributed by atoms with van der Waals surface area (Å²) < 4.78 is 1.31. The second-order valence-corrected chi connectivity index (χ2v) is 8.21. The molecule has 0 spiro atoms. The van der Waals surface area contributed by atoms with Crippen LogP contribution in [-0.4, -0.2) is 22.0 Å². The predicted octanol–water partition coefficient (Wildman–Crippen LogP) is 0.465. The lowest BCUT2D eigenvalue weighted by atomic mass is 9.65. The van der Waals surface area contributed by atoms with Crippen LogP contribution < -0.4 is 20.7 Å². The van der Waals surface area contributed by atoms with Crippen molar-refractivity contribution in [2.75, 3.05) is 4.90 Å². The van der Waals surface area contributed by atoms with E-state index in [-0.39, 0.29) is 5.56 Å². The van der Waals surface area contributed by atoms with Crippen LogP contribution in [0.25, 0.3) is 0 Å². The monoisotopic (exact) mass is 377 g/mol. The van der Waals surface area contributed by atoms with Crippen LogP contribution in [0.4, 0.5) is 5.69 Å². The topological polar surface area (TPSA) is 87.2 Å². The number of H-pyrrole nitrogens is 1. The minimum Gasteiger partial charge on any atom is -0.851 e. The number of fused-ring (bicyclic) bond motifs is 1. The van der Waals surface area contributed by atoms with Gasteiger partial charge in [0.25, 0.3) is 5.56 Å². The maximum absolute atomic E-state index is 13.0. The molecule has 1 aliphatic carbocycles. The van der Waals surface area contributed by atoms with Crippen LogP contribution in [0, 0.1) is 25.3 Å². The van der Waals surface area contributed by atoms with Crippen LogP contribution in [0.2, 0.25) is 0 Å². The highest BCUT2D eigenvalue weighted by Crippen LogP contribution is 2.49. The molecule has 1 aromatic carbocycles. The lowest BCUT2D eigenvalue weighted by Gasteiger charge is -2.60. The predicted molar refractivity (Wildman–Crippen MR) is 103 cm³/mol. The highest BCUT2D eigenvalue weighted by molar-refractivity contribution is 5.73. The summed E-state index contributed by atoms with van der Waals surface area (Å²) >= 11 is 0. The minimum atomic E-state index is -1.17. The molecule has 146 valence electrons. The summed E-state index contributed by atoms with van der Waals surface area (Å²) in [6, 6.07) is 10.5. The zero-order valence-electron chi connectivity index (χ0n) is 16.4. The first-order valence-electron chi connectivity index (χ1n) is 9.35. The summed E-state index contributed by atoms with van der Waals surface area (Å²) in [6.07, 6.45) is 5.16. The maximum Gasteiger partial charge on any atom is 0.269 e. The van der Waals surface area contributed by atoms with E-state index in [1.54, 1.807) is 24.9 Å². The number of nitrogens with one attached hydrogen (secondary N) is 1. The lowest BCUT2D eigenvalue weighted by molar-refractivity contribution is -0.543. The van der Waals surface area contributed by atoms with E-state index in [0.717, 1.165) is 16.9 Å². The Morgan fingerprint density at radius 2 is 1.89 bits per heavy atom. The number of allylic oxidation sites excluding steroid dienone is 1. The third-order valence-corrected chi connectivity index (χ3v) is 6.25. The van der Waals surface area contributed by atoms with E-state index in [2.05, 4.69) is 11.1 Å². The number of terminal acetylenes is 1. The molecule has 2 unspecified atom stereocenters. The molecule has 0 radical (unpaired) electrons. The van der Waals surface area contributed by atoms with E-state index in [1.165, 1.54) is 4.68 Å². The van der Waals surface area contributed by atoms with Crippen LogP contribution in [0.5, 0.6) is 0 Å². The van der Waals surface area contributed by atoms with E-state index in [9.17, 15) is 15.0 Å². The third kappa shape index (κ3) is 2.33. The van der Waals surface area contributed by atoms with E-state index < -0.39 is 29.5 Å². The van der Waals surface area contributed by atoms with Crippen molar-refractivity contribution in [3.63, 3.8) is 0 Å². The van der Waals surface area contributed by atoms with E-state index in [4.69, 9.17) is 6.42 Å². The Morgan fingerprint density at radius 3 is 2.46 bits per heavy atom. The standard InChI is InChI=1S/C22H23N3O3/c1-6-25-15-10-8-7-9-14(15)22(3,4)16(25)11-13-19(26)18(20(13)27)17-12(2)23-24(5)21(17)28/h1,7-11,13,18-20,23H,2-5H3/q-2/b16-11+. The Bertz CT molecular complexity index is 1060. The first-order valence-corrected chi connectivity index (χ1v) is 9.35. The van der Waals surface area contributed by atoms with Crippen molar-refractivity contribution < 1.29 is 10.2 Å². The van der Waals surface area contributed by atoms with E-state index in [0.29, 0.717) is 11.3 Å². The van der Waals surface area contributed by atoms with Crippen molar-refractivity contribution in [3.8, 4) is 12.5 Å². The summed E-state index contributed by atoms with van der Waals surface area (Å²) in [7, 11) is 1.58. The second kappa shape index (κ2) is 6.13. The van der Waals surface area contributed by atoms with Gasteiger partial charge in [0, 0.05) is 35.5 Å². The molecule has 1 saturated carbocycles. The molecule has 6 heteroatoms. The molecule has 0 amide bonds. The van der Waals surface area contributed by atoms with Crippen molar-refractivity contribution in [2.24, 2.45) is 13.0 Å². The Balaban J connectivity index is 1.71. The number of hydrogen-bond acceptors (Lipinski definition) is 4. The van der Waals surface area contributed by atoms with Crippen molar-refractivity contribution in [2.45, 2.75) is 44.3 Å². The number of aromatic nitrogens is 2. The normalized spacial score (nSPS) is 29.5. The van der Waals surface area contributed by atoms with Gasteiger partial charge in [-0.3, -0.25) is 19.5 Å². The summed E-state index contributed by atoms with van der Waals surface area (Å²) in [5.74, 6) is -1.55. The quantitative estimate of drug-likeness (QED) is 0.771. The van der Waals surface area contributed by atoms with Gasteiger partial charge in [-0.1, -0.05) is 44.5 Å². The largest absolute Gasteiger partial charge is 0.851 e. The maximum atomic E-state index is 13.0. The second-order valence-electron chi connectivity index (χ2n) is 8.21. The van der Waals surface area contributed by atoms with Gasteiger partial charge >= 0.3 is 0 Å². The Hall–Kier alpha value is -2.75. The Morgan fingerprint density at radius 1 is 1.25 bits per heavy atom. The number of para-hydroxylation sites is 1. The number of rotatable bonds is 2. The molecular formula is C22H23N3O3-2. The van der Waals surface area contributed by atoms with E-state index in [1.807, 2.05) is 38.1 Å². The highest BCUT2D eigenvalue weighted by Gasteiger charge is 2.44. The number of benzene rings is 1. The molecule has 0 saturated heterocycles. The summed E-state index contributed by atoms with van der Waals surface area (Å²) in [6.45, 7) is 5.80. The number of aryl methyl sites for hydroxylation is 2. The fourth-order valence-electron chi connectivity index (χ4n) is 4.67. The number of aromatic amines is 1. The third-order valence-electron chi connectivity index (χ3n) is 6.25. The smallest absolute Gasteiger partial charge is 0.269 e. The molecule has 1 N–H and O–H groups in total. The minimum absolute atomic E-state index is 0.297. The molecule has 1 aromatic heterocycles. The van der Waals surface area contributed by atoms with Gasteiger partial charge in [-0.15, -0.1) is 12.2 Å². The van der Waals surface area contributed by atoms with Crippen molar-refractivity contribution in [1.82, 2.24) is 9.78 Å². The van der Waals surface area contributed by atoms with Gasteiger partial charge < -0.3 is 10.2 Å². The Kier molecular flexibility index (Phi) is 4.07. The molecule has 2 atom stereocenters. The molecule has 2 heterocycles. The molecule has 2 aliphatic rings. The Labute approximate surface area is 164 Å². The summed E-state index contributed by atoms with van der Waals surface area (Å²) in [4.78, 5) is 14.0. The highest BCUT2D eigenvalue weighted by atomic mass is 16.3. The van der Waals surface area contributed by atoms with Gasteiger partial charge in [0.15, 0.2) is 0 Å². The van der Waals surface area contributed by atoms with Crippen molar-refractivity contribution in [1.29, 1.82) is 0 Å². The van der Waals surface area contributed by atoms with Gasteiger partial charge in [0.2, 0.25) is 0 Å². The van der Waals surface area contributed by atoms with Crippen LogP contribution in [0.15, 0.2) is 40.8 Å². The van der Waals surface area contributed by atoms with Crippen LogP contribution in [0.3, 0.4) is 0 Å². The van der Waals surface area contributed by atoms with Gasteiger partial charge in [-0.2, -0.15) is 0 Å². The molecule has 2 aromatic rings. The molecule has 6 nitrogen and oxygen atoms in total. The zero-order valence-corrected chi connectivity index (χ0v) is 16.4. The average Bonchev–Trinajstić information content (AvgIpc) is 3.04. The number of anilines is 1. The van der Waals surface area contributed by atoms with E-state index >= 15 is 0 Å². The molecule has 1 fully saturated rings. The number of nitrogens with zero attached hydrogens (tertiary/aromatic N) is 2. The molecule has 28 heavy (non-hydrogen) atoms. The first-order chi connectivity index (χ1) is 13.2. The first kappa shape index (κ1) is 18.6. The van der Waals surface area contributed by atoms with Crippen molar-refractivity contribution >= 4 is 5.69 Å². The van der Waals surface area contributed by atoms with Gasteiger partial charge in [0.1, 0.15) is 0 Å². The van der Waals surface area contributed by atoms with Crippen LogP contribution in [-0.2, 0) is 12.5 Å². The van der Waals surface area contributed by atoms with Gasteiger partial charge in [-0.05, 0) is 30.4 Å². The zero-order chi connectivity index (χ0) is 20.4. The summed E-state index contributed by atoms with van der Waals surface area (Å²) in [5.41, 5.74) is 2.94. The van der Waals surface area contributed by atoms with Gasteiger partial charge in [0.05, 0.1) is 5.69 Å². The van der Waals surface area contributed by atoms with Gasteiger partial charge in [-0.25, -0.2) is 0 Å². The lowest BCUT2D eigenvalue weighted by Crippen LogP contribution is -2.65. The van der Waals surface area contributed by atoms with Crippen molar-refractivity contribution in [3.05, 3.63) is 63.2 Å². The fourth-order valence-corrected chi connectivity index (χ4v) is 4.67. The van der Waals surface area contributed by atoms with Crippen LogP contribution in [0.1, 0.15) is 36.6 Å². The van der Waals surface area contributed by atoms with Crippen LogP contribution >= 0.6 is 0 Å².